The van der Waals surface area contributed by atoms with Crippen LogP contribution in [0, 0.1) is 5.82 Å². The SMILES string of the molecule is C=CCN(C(=O)c1ccc(F)cc1N)C1CCCC1. The molecule has 0 unspecified atom stereocenters. The van der Waals surface area contributed by atoms with Crippen LogP contribution < -0.4 is 5.73 Å². The Bertz CT molecular complexity index is 481. The lowest BCUT2D eigenvalue weighted by molar-refractivity contribution is 0.0707. The molecule has 2 N–H and O–H groups in total. The Morgan fingerprint density at radius 2 is 2.16 bits per heavy atom. The molecule has 1 aromatic rings. The first-order valence-corrected chi connectivity index (χ1v) is 6.60. The summed E-state index contributed by atoms with van der Waals surface area (Å²) < 4.78 is 13.0. The maximum absolute atomic E-state index is 13.0. The van der Waals surface area contributed by atoms with E-state index in [0.29, 0.717) is 12.1 Å². The van der Waals surface area contributed by atoms with Gasteiger partial charge in [0.1, 0.15) is 5.82 Å². The van der Waals surface area contributed by atoms with Crippen LogP contribution in [0.5, 0.6) is 0 Å². The van der Waals surface area contributed by atoms with Gasteiger partial charge in [-0.25, -0.2) is 4.39 Å². The molecule has 102 valence electrons. The van der Waals surface area contributed by atoms with Crippen LogP contribution in [0.2, 0.25) is 0 Å². The van der Waals surface area contributed by atoms with E-state index in [1.807, 2.05) is 0 Å². The molecule has 0 radical (unpaired) electrons. The molecule has 1 saturated carbocycles. The maximum atomic E-state index is 13.0. The molecule has 0 spiro atoms. The standard InChI is InChI=1S/C15H19FN2O/c1-2-9-18(12-5-3-4-6-12)15(19)13-8-7-11(16)10-14(13)17/h2,7-8,10,12H,1,3-6,9,17H2. The molecule has 0 atom stereocenters. The van der Waals surface area contributed by atoms with Gasteiger partial charge >= 0.3 is 0 Å². The smallest absolute Gasteiger partial charge is 0.256 e. The van der Waals surface area contributed by atoms with Gasteiger partial charge < -0.3 is 10.6 Å². The number of amides is 1. The summed E-state index contributed by atoms with van der Waals surface area (Å²) in [5.41, 5.74) is 6.30. The molecule has 19 heavy (non-hydrogen) atoms. The number of carbonyl (C=O) groups is 1. The van der Waals surface area contributed by atoms with E-state index in [2.05, 4.69) is 6.58 Å². The summed E-state index contributed by atoms with van der Waals surface area (Å²) in [5.74, 6) is -0.561. The van der Waals surface area contributed by atoms with Crippen molar-refractivity contribution in [2.45, 2.75) is 31.7 Å². The van der Waals surface area contributed by atoms with Crippen LogP contribution in [0.4, 0.5) is 10.1 Å². The van der Waals surface area contributed by atoms with Gasteiger partial charge in [-0.1, -0.05) is 18.9 Å². The zero-order valence-electron chi connectivity index (χ0n) is 10.9. The van der Waals surface area contributed by atoms with E-state index in [-0.39, 0.29) is 17.6 Å². The highest BCUT2D eigenvalue weighted by Gasteiger charge is 2.27. The predicted octanol–water partition coefficient (Wildman–Crippen LogP) is 2.98. The van der Waals surface area contributed by atoms with Crippen molar-refractivity contribution in [1.29, 1.82) is 0 Å². The molecule has 1 aromatic carbocycles. The first kappa shape index (κ1) is 13.6. The third kappa shape index (κ3) is 2.95. The fraction of sp³-hybridized carbons (Fsp3) is 0.400. The van der Waals surface area contributed by atoms with Crippen molar-refractivity contribution in [2.75, 3.05) is 12.3 Å². The zero-order valence-corrected chi connectivity index (χ0v) is 10.9. The normalized spacial score (nSPS) is 15.4. The van der Waals surface area contributed by atoms with Crippen LogP contribution in [0.3, 0.4) is 0 Å². The summed E-state index contributed by atoms with van der Waals surface area (Å²) in [6.45, 7) is 4.20. The number of carbonyl (C=O) groups excluding carboxylic acids is 1. The third-order valence-corrected chi connectivity index (χ3v) is 3.60. The molecule has 1 aliphatic carbocycles. The zero-order chi connectivity index (χ0) is 13.8. The van der Waals surface area contributed by atoms with Crippen LogP contribution in [0.15, 0.2) is 30.9 Å². The van der Waals surface area contributed by atoms with Crippen LogP contribution in [-0.2, 0) is 0 Å². The second kappa shape index (κ2) is 5.87. The molecule has 2 rings (SSSR count). The topological polar surface area (TPSA) is 46.3 Å². The Kier molecular flexibility index (Phi) is 4.20. The second-order valence-corrected chi connectivity index (χ2v) is 4.92. The fourth-order valence-electron chi connectivity index (χ4n) is 2.64. The quantitative estimate of drug-likeness (QED) is 0.669. The Balaban J connectivity index is 2.25. The van der Waals surface area contributed by atoms with Gasteiger partial charge in [-0.15, -0.1) is 6.58 Å². The highest BCUT2D eigenvalue weighted by atomic mass is 19.1. The van der Waals surface area contributed by atoms with Crippen molar-refractivity contribution in [3.8, 4) is 0 Å². The molecular weight excluding hydrogens is 243 g/mol. The summed E-state index contributed by atoms with van der Waals surface area (Å²) in [6.07, 6.45) is 6.03. The Labute approximate surface area is 112 Å². The van der Waals surface area contributed by atoms with Crippen molar-refractivity contribution >= 4 is 11.6 Å². The third-order valence-electron chi connectivity index (χ3n) is 3.60. The van der Waals surface area contributed by atoms with E-state index < -0.39 is 5.82 Å². The first-order valence-electron chi connectivity index (χ1n) is 6.60. The number of nitrogens with two attached hydrogens (primary N) is 1. The van der Waals surface area contributed by atoms with E-state index in [1.165, 1.54) is 18.2 Å². The Morgan fingerprint density at radius 1 is 1.47 bits per heavy atom. The summed E-state index contributed by atoms with van der Waals surface area (Å²) in [6, 6.07) is 4.16. The van der Waals surface area contributed by atoms with Crippen LogP contribution in [0.1, 0.15) is 36.0 Å². The van der Waals surface area contributed by atoms with Gasteiger partial charge in [0, 0.05) is 18.3 Å². The van der Waals surface area contributed by atoms with Crippen molar-refractivity contribution in [3.05, 3.63) is 42.2 Å². The van der Waals surface area contributed by atoms with Crippen molar-refractivity contribution in [3.63, 3.8) is 0 Å². The number of nitrogens with zero attached hydrogens (tertiary/aromatic N) is 1. The average molecular weight is 262 g/mol. The lowest BCUT2D eigenvalue weighted by atomic mass is 10.1. The van der Waals surface area contributed by atoms with Crippen molar-refractivity contribution in [2.24, 2.45) is 0 Å². The molecule has 0 bridgehead atoms. The van der Waals surface area contributed by atoms with Crippen molar-refractivity contribution < 1.29 is 9.18 Å². The second-order valence-electron chi connectivity index (χ2n) is 4.92. The molecule has 4 heteroatoms. The van der Waals surface area contributed by atoms with E-state index in [9.17, 15) is 9.18 Å². The molecule has 3 nitrogen and oxygen atoms in total. The molecular formula is C15H19FN2O. The lowest BCUT2D eigenvalue weighted by Gasteiger charge is -2.28. The lowest BCUT2D eigenvalue weighted by Crippen LogP contribution is -2.39. The summed E-state index contributed by atoms with van der Waals surface area (Å²) in [7, 11) is 0. The van der Waals surface area contributed by atoms with E-state index >= 15 is 0 Å². The molecule has 1 amide bonds. The molecule has 0 aromatic heterocycles. The number of nitrogen functional groups attached to an aromatic ring is 1. The molecule has 0 saturated heterocycles. The van der Waals surface area contributed by atoms with Gasteiger partial charge in [0.15, 0.2) is 0 Å². The highest BCUT2D eigenvalue weighted by molar-refractivity contribution is 5.99. The van der Waals surface area contributed by atoms with E-state index in [4.69, 9.17) is 5.73 Å². The summed E-state index contributed by atoms with van der Waals surface area (Å²) >= 11 is 0. The Hall–Kier alpha value is -1.84. The van der Waals surface area contributed by atoms with Crippen molar-refractivity contribution in [1.82, 2.24) is 4.90 Å². The predicted molar refractivity (Wildman–Crippen MR) is 74.3 cm³/mol. The number of benzene rings is 1. The minimum Gasteiger partial charge on any atom is -0.398 e. The minimum absolute atomic E-state index is 0.135. The minimum atomic E-state index is -0.426. The number of halogens is 1. The van der Waals surface area contributed by atoms with Crippen LogP contribution >= 0.6 is 0 Å². The van der Waals surface area contributed by atoms with Gasteiger partial charge in [-0.2, -0.15) is 0 Å². The monoisotopic (exact) mass is 262 g/mol. The average Bonchev–Trinajstić information content (AvgIpc) is 2.89. The van der Waals surface area contributed by atoms with Crippen LogP contribution in [-0.4, -0.2) is 23.4 Å². The van der Waals surface area contributed by atoms with Gasteiger partial charge in [0.2, 0.25) is 0 Å². The van der Waals surface area contributed by atoms with Gasteiger partial charge in [0.25, 0.3) is 5.91 Å². The molecule has 1 aliphatic rings. The number of anilines is 1. The fourth-order valence-corrected chi connectivity index (χ4v) is 2.64. The van der Waals surface area contributed by atoms with E-state index in [1.54, 1.807) is 11.0 Å². The van der Waals surface area contributed by atoms with E-state index in [0.717, 1.165) is 25.7 Å². The highest BCUT2D eigenvalue weighted by Crippen LogP contribution is 2.26. The largest absolute Gasteiger partial charge is 0.398 e. The molecule has 0 heterocycles. The number of hydrogen-bond acceptors (Lipinski definition) is 2. The number of rotatable bonds is 4. The van der Waals surface area contributed by atoms with Gasteiger partial charge in [0.05, 0.1) is 5.56 Å². The number of hydrogen-bond donors (Lipinski definition) is 1. The summed E-state index contributed by atoms with van der Waals surface area (Å²) in [5, 5.41) is 0. The first-order chi connectivity index (χ1) is 9.13. The molecule has 1 fully saturated rings. The van der Waals surface area contributed by atoms with Gasteiger partial charge in [-0.05, 0) is 31.0 Å². The Morgan fingerprint density at radius 3 is 2.74 bits per heavy atom. The summed E-state index contributed by atoms with van der Waals surface area (Å²) in [4.78, 5) is 14.3. The van der Waals surface area contributed by atoms with Gasteiger partial charge in [-0.3, -0.25) is 4.79 Å². The molecule has 0 aliphatic heterocycles. The maximum Gasteiger partial charge on any atom is 0.256 e. The van der Waals surface area contributed by atoms with Crippen LogP contribution in [0.25, 0.3) is 0 Å².